The van der Waals surface area contributed by atoms with Crippen molar-refractivity contribution >= 4 is 17.6 Å². The summed E-state index contributed by atoms with van der Waals surface area (Å²) in [5.74, 6) is -0.955. The van der Waals surface area contributed by atoms with Gasteiger partial charge in [-0.15, -0.1) is 5.10 Å². The van der Waals surface area contributed by atoms with E-state index in [2.05, 4.69) is 15.3 Å². The molecule has 76 valence electrons. The predicted molar refractivity (Wildman–Crippen MR) is 51.1 cm³/mol. The third kappa shape index (κ3) is 1.79. The Kier molecular flexibility index (Phi) is 2.34. The molecule has 15 heavy (non-hydrogen) atoms. The lowest BCUT2D eigenvalue weighted by atomic mass is 10.3. The Hall–Kier alpha value is -1.95. The lowest BCUT2D eigenvalue weighted by Crippen LogP contribution is -2.08. The van der Waals surface area contributed by atoms with E-state index in [1.807, 2.05) is 0 Å². The van der Waals surface area contributed by atoms with Crippen molar-refractivity contribution in [2.24, 2.45) is 0 Å². The van der Waals surface area contributed by atoms with E-state index in [4.69, 9.17) is 16.7 Å². The lowest BCUT2D eigenvalue weighted by Gasteiger charge is -2.01. The summed E-state index contributed by atoms with van der Waals surface area (Å²) in [5, 5.41) is 20.4. The minimum absolute atomic E-state index is 0.0183. The summed E-state index contributed by atoms with van der Waals surface area (Å²) in [6.45, 7) is 0. The molecule has 0 atom stereocenters. The Bertz CT molecular complexity index is 511. The molecule has 0 spiro atoms. The monoisotopic (exact) mass is 224 g/mol. The van der Waals surface area contributed by atoms with Crippen molar-refractivity contribution in [1.82, 2.24) is 20.0 Å². The van der Waals surface area contributed by atoms with E-state index in [0.29, 0.717) is 5.02 Å². The van der Waals surface area contributed by atoms with Crippen molar-refractivity contribution < 1.29 is 9.90 Å². The molecule has 0 aliphatic heterocycles. The first-order valence-corrected chi connectivity index (χ1v) is 4.32. The molecule has 2 heterocycles. The fraction of sp³-hybridized carbons (Fsp3) is 0. The van der Waals surface area contributed by atoms with Crippen molar-refractivity contribution in [2.75, 3.05) is 0 Å². The second-order valence-corrected chi connectivity index (χ2v) is 3.11. The summed E-state index contributed by atoms with van der Waals surface area (Å²) in [4.78, 5) is 10.9. The molecule has 0 saturated heterocycles. The van der Waals surface area contributed by atoms with Crippen molar-refractivity contribution in [3.8, 4) is 5.82 Å². The quantitative estimate of drug-likeness (QED) is 0.824. The smallest absolute Gasteiger partial charge is 0.339 e. The van der Waals surface area contributed by atoms with Crippen LogP contribution in [0, 0.1) is 0 Å². The van der Waals surface area contributed by atoms with E-state index in [1.54, 1.807) is 0 Å². The van der Waals surface area contributed by atoms with Gasteiger partial charge in [0.15, 0.2) is 5.82 Å². The SMILES string of the molecule is O=C(O)c1ccnnc1-n1cc(Cl)cn1. The molecule has 0 aromatic carbocycles. The number of carboxylic acids is 1. The third-order valence-corrected chi connectivity index (χ3v) is 1.89. The molecule has 2 aromatic rings. The largest absolute Gasteiger partial charge is 0.478 e. The first-order chi connectivity index (χ1) is 7.18. The zero-order chi connectivity index (χ0) is 10.8. The van der Waals surface area contributed by atoms with Crippen LogP contribution in [-0.4, -0.2) is 31.1 Å². The highest BCUT2D eigenvalue weighted by atomic mass is 35.5. The number of rotatable bonds is 2. The fourth-order valence-electron chi connectivity index (χ4n) is 1.08. The lowest BCUT2D eigenvalue weighted by molar-refractivity contribution is 0.0696. The van der Waals surface area contributed by atoms with E-state index < -0.39 is 5.97 Å². The Balaban J connectivity index is 2.57. The second kappa shape index (κ2) is 3.66. The van der Waals surface area contributed by atoms with Crippen LogP contribution in [0.4, 0.5) is 0 Å². The second-order valence-electron chi connectivity index (χ2n) is 2.68. The van der Waals surface area contributed by atoms with Gasteiger partial charge in [0.25, 0.3) is 0 Å². The summed E-state index contributed by atoms with van der Waals surface area (Å²) in [6, 6.07) is 1.35. The van der Waals surface area contributed by atoms with Crippen molar-refractivity contribution in [3.05, 3.63) is 35.2 Å². The standard InChI is InChI=1S/C8H5ClN4O2/c9-5-3-11-13(4-5)7-6(8(14)15)1-2-10-12-7/h1-4H,(H,14,15). The minimum atomic E-state index is -1.09. The van der Waals surface area contributed by atoms with Crippen molar-refractivity contribution in [2.45, 2.75) is 0 Å². The zero-order valence-electron chi connectivity index (χ0n) is 7.33. The van der Waals surface area contributed by atoms with Crippen LogP contribution in [0.2, 0.25) is 5.02 Å². The molecule has 0 aliphatic rings. The van der Waals surface area contributed by atoms with Crippen LogP contribution in [0.5, 0.6) is 0 Å². The molecule has 6 nitrogen and oxygen atoms in total. The van der Waals surface area contributed by atoms with Crippen LogP contribution >= 0.6 is 11.6 Å². The van der Waals surface area contributed by atoms with Gasteiger partial charge < -0.3 is 5.11 Å². The van der Waals surface area contributed by atoms with Gasteiger partial charge in [0.1, 0.15) is 5.56 Å². The van der Waals surface area contributed by atoms with Crippen LogP contribution in [0.25, 0.3) is 5.82 Å². The van der Waals surface area contributed by atoms with Crippen LogP contribution in [-0.2, 0) is 0 Å². The molecule has 0 unspecified atom stereocenters. The molecule has 2 rings (SSSR count). The van der Waals surface area contributed by atoms with Crippen LogP contribution in [0.15, 0.2) is 24.7 Å². The maximum Gasteiger partial charge on any atom is 0.339 e. The van der Waals surface area contributed by atoms with Gasteiger partial charge in [-0.2, -0.15) is 10.2 Å². The van der Waals surface area contributed by atoms with Gasteiger partial charge in [-0.25, -0.2) is 9.48 Å². The number of aromatic nitrogens is 4. The molecule has 0 fully saturated rings. The normalized spacial score (nSPS) is 10.2. The third-order valence-electron chi connectivity index (χ3n) is 1.70. The van der Waals surface area contributed by atoms with Gasteiger partial charge in [0.2, 0.25) is 0 Å². The summed E-state index contributed by atoms with van der Waals surface area (Å²) >= 11 is 5.66. The molecular weight excluding hydrogens is 220 g/mol. The van der Waals surface area contributed by atoms with Crippen LogP contribution < -0.4 is 0 Å². The molecule has 0 saturated carbocycles. The van der Waals surface area contributed by atoms with Gasteiger partial charge in [-0.05, 0) is 6.07 Å². The Labute approximate surface area is 89.1 Å². The minimum Gasteiger partial charge on any atom is -0.478 e. The van der Waals surface area contributed by atoms with Gasteiger partial charge >= 0.3 is 5.97 Å². The fourth-order valence-corrected chi connectivity index (χ4v) is 1.21. The van der Waals surface area contributed by atoms with Crippen molar-refractivity contribution in [1.29, 1.82) is 0 Å². The molecule has 0 aliphatic carbocycles. The maximum absolute atomic E-state index is 10.9. The Morgan fingerprint density at radius 3 is 2.93 bits per heavy atom. The predicted octanol–water partition coefficient (Wildman–Crippen LogP) is 1.01. The first kappa shape index (κ1) is 9.60. The molecular formula is C8H5ClN4O2. The van der Waals surface area contributed by atoms with E-state index in [0.717, 1.165) is 0 Å². The number of hydrogen-bond donors (Lipinski definition) is 1. The molecule has 7 heteroatoms. The van der Waals surface area contributed by atoms with E-state index in [-0.39, 0.29) is 11.4 Å². The topological polar surface area (TPSA) is 80.9 Å². The molecule has 2 aromatic heterocycles. The Morgan fingerprint density at radius 2 is 2.33 bits per heavy atom. The summed E-state index contributed by atoms with van der Waals surface area (Å²) in [7, 11) is 0. The number of nitrogens with zero attached hydrogens (tertiary/aromatic N) is 4. The zero-order valence-corrected chi connectivity index (χ0v) is 8.09. The molecule has 0 amide bonds. The summed E-state index contributed by atoms with van der Waals surface area (Å²) in [6.07, 6.45) is 4.15. The number of carbonyl (C=O) groups is 1. The average Bonchev–Trinajstić information content (AvgIpc) is 2.65. The first-order valence-electron chi connectivity index (χ1n) is 3.94. The number of hydrogen-bond acceptors (Lipinski definition) is 4. The highest BCUT2D eigenvalue weighted by Crippen LogP contribution is 2.12. The van der Waals surface area contributed by atoms with Crippen LogP contribution in [0.3, 0.4) is 0 Å². The van der Waals surface area contributed by atoms with E-state index >= 15 is 0 Å². The molecule has 0 radical (unpaired) electrons. The molecule has 0 bridgehead atoms. The average molecular weight is 225 g/mol. The highest BCUT2D eigenvalue weighted by molar-refractivity contribution is 6.30. The van der Waals surface area contributed by atoms with Crippen LogP contribution in [0.1, 0.15) is 10.4 Å². The van der Waals surface area contributed by atoms with E-state index in [1.165, 1.54) is 29.3 Å². The highest BCUT2D eigenvalue weighted by Gasteiger charge is 2.13. The number of carboxylic acid groups (broad SMARTS) is 1. The van der Waals surface area contributed by atoms with Gasteiger partial charge in [-0.1, -0.05) is 11.6 Å². The van der Waals surface area contributed by atoms with Crippen molar-refractivity contribution in [3.63, 3.8) is 0 Å². The summed E-state index contributed by atoms with van der Waals surface area (Å²) in [5.41, 5.74) is 0.0183. The molecule has 1 N–H and O–H groups in total. The number of aromatic carboxylic acids is 1. The maximum atomic E-state index is 10.9. The van der Waals surface area contributed by atoms with Gasteiger partial charge in [0, 0.05) is 0 Å². The van der Waals surface area contributed by atoms with Gasteiger partial charge in [0.05, 0.1) is 23.6 Å². The van der Waals surface area contributed by atoms with Gasteiger partial charge in [-0.3, -0.25) is 0 Å². The summed E-state index contributed by atoms with van der Waals surface area (Å²) < 4.78 is 1.26. The van der Waals surface area contributed by atoms with E-state index in [9.17, 15) is 4.79 Å². The Morgan fingerprint density at radius 1 is 1.53 bits per heavy atom. The number of halogens is 1.